The first-order chi connectivity index (χ1) is 10.2. The highest BCUT2D eigenvalue weighted by molar-refractivity contribution is 6.30. The minimum Gasteiger partial charge on any atom is -0.380 e. The average molecular weight is 302 g/mol. The Bertz CT molecular complexity index is 608. The molecule has 1 aromatic heterocycles. The quantitative estimate of drug-likeness (QED) is 0.805. The number of nitrogens with one attached hydrogen (secondary N) is 2. The molecule has 2 rings (SSSR count). The second-order valence-corrected chi connectivity index (χ2v) is 4.85. The molecule has 0 unspecified atom stereocenters. The number of pyridine rings is 1. The number of aromatic nitrogens is 1. The largest absolute Gasteiger partial charge is 0.380 e. The van der Waals surface area contributed by atoms with E-state index in [1.165, 1.54) is 0 Å². The third-order valence-electron chi connectivity index (χ3n) is 2.81. The summed E-state index contributed by atoms with van der Waals surface area (Å²) in [4.78, 5) is 16.1. The summed E-state index contributed by atoms with van der Waals surface area (Å²) < 4.78 is 0. The number of carbonyl (C=O) groups excluding carboxylic acids is 1. The molecule has 2 aromatic rings. The highest BCUT2D eigenvalue weighted by atomic mass is 35.5. The number of benzene rings is 1. The van der Waals surface area contributed by atoms with Gasteiger partial charge in [-0.2, -0.15) is 0 Å². The number of amides is 1. The number of nitrogens with zero attached hydrogens (tertiary/aromatic N) is 1. The lowest BCUT2D eigenvalue weighted by Gasteiger charge is -2.06. The lowest BCUT2D eigenvalue weighted by atomic mass is 10.2. The van der Waals surface area contributed by atoms with Gasteiger partial charge >= 0.3 is 0 Å². The molecular formula is C16H16ClN3O. The van der Waals surface area contributed by atoms with Crippen molar-refractivity contribution in [3.8, 4) is 0 Å². The molecule has 5 heteroatoms. The number of anilines is 1. The van der Waals surface area contributed by atoms with E-state index in [1.54, 1.807) is 30.5 Å². The molecule has 21 heavy (non-hydrogen) atoms. The maximum absolute atomic E-state index is 12.0. The number of hydrogen-bond donors (Lipinski definition) is 2. The van der Waals surface area contributed by atoms with Crippen molar-refractivity contribution in [2.75, 3.05) is 11.9 Å². The van der Waals surface area contributed by atoms with Crippen LogP contribution in [0.3, 0.4) is 0 Å². The van der Waals surface area contributed by atoms with Crippen LogP contribution in [0.5, 0.6) is 0 Å². The first-order valence-electron chi connectivity index (χ1n) is 6.52. The molecule has 0 spiro atoms. The predicted molar refractivity (Wildman–Crippen MR) is 85.5 cm³/mol. The molecule has 0 fully saturated rings. The van der Waals surface area contributed by atoms with Gasteiger partial charge in [-0.15, -0.1) is 6.58 Å². The summed E-state index contributed by atoms with van der Waals surface area (Å²) in [6.45, 7) is 4.72. The number of rotatable bonds is 6. The van der Waals surface area contributed by atoms with Gasteiger partial charge in [-0.1, -0.05) is 29.8 Å². The fourth-order valence-electron chi connectivity index (χ4n) is 1.70. The van der Waals surface area contributed by atoms with Crippen LogP contribution in [-0.4, -0.2) is 17.4 Å². The molecule has 0 atom stereocenters. The van der Waals surface area contributed by atoms with E-state index in [1.807, 2.05) is 18.2 Å². The van der Waals surface area contributed by atoms with Crippen LogP contribution in [-0.2, 0) is 6.54 Å². The van der Waals surface area contributed by atoms with Crippen molar-refractivity contribution >= 4 is 23.2 Å². The lowest BCUT2D eigenvalue weighted by molar-refractivity contribution is 0.0946. The van der Waals surface area contributed by atoms with E-state index >= 15 is 0 Å². The van der Waals surface area contributed by atoms with Crippen LogP contribution in [0.4, 0.5) is 5.69 Å². The highest BCUT2D eigenvalue weighted by Gasteiger charge is 2.06. The minimum absolute atomic E-state index is 0.208. The topological polar surface area (TPSA) is 54.0 Å². The SMILES string of the molecule is C=CCNc1ccc(C(=O)NCc2ccc(Cl)cc2)nc1. The molecule has 1 heterocycles. The van der Waals surface area contributed by atoms with Gasteiger partial charge < -0.3 is 10.6 Å². The van der Waals surface area contributed by atoms with Crippen molar-refractivity contribution in [2.45, 2.75) is 6.54 Å². The van der Waals surface area contributed by atoms with Gasteiger partial charge in [0.15, 0.2) is 0 Å². The second kappa shape index (κ2) is 7.45. The van der Waals surface area contributed by atoms with E-state index in [0.29, 0.717) is 23.8 Å². The first kappa shape index (κ1) is 15.1. The molecule has 2 N–H and O–H groups in total. The molecule has 0 bridgehead atoms. The molecule has 108 valence electrons. The van der Waals surface area contributed by atoms with Gasteiger partial charge in [-0.25, -0.2) is 4.98 Å². The number of carbonyl (C=O) groups is 1. The van der Waals surface area contributed by atoms with Gasteiger partial charge in [0.25, 0.3) is 5.91 Å². The van der Waals surface area contributed by atoms with Crippen LogP contribution in [0.25, 0.3) is 0 Å². The third-order valence-corrected chi connectivity index (χ3v) is 3.06. The first-order valence-corrected chi connectivity index (χ1v) is 6.90. The zero-order chi connectivity index (χ0) is 15.1. The van der Waals surface area contributed by atoms with Crippen LogP contribution in [0.1, 0.15) is 16.1 Å². The van der Waals surface area contributed by atoms with Gasteiger partial charge in [0.05, 0.1) is 11.9 Å². The Hall–Kier alpha value is -2.33. The number of halogens is 1. The molecule has 0 radical (unpaired) electrons. The molecule has 0 aliphatic rings. The van der Waals surface area contributed by atoms with Crippen LogP contribution in [0.2, 0.25) is 5.02 Å². The van der Waals surface area contributed by atoms with Crippen molar-refractivity contribution in [1.29, 1.82) is 0 Å². The van der Waals surface area contributed by atoms with Gasteiger partial charge in [0, 0.05) is 18.1 Å². The highest BCUT2D eigenvalue weighted by Crippen LogP contribution is 2.10. The van der Waals surface area contributed by atoms with Crippen LogP contribution in [0, 0.1) is 0 Å². The maximum Gasteiger partial charge on any atom is 0.270 e. The summed E-state index contributed by atoms with van der Waals surface area (Å²) in [6, 6.07) is 10.8. The Balaban J connectivity index is 1.90. The van der Waals surface area contributed by atoms with Crippen molar-refractivity contribution in [1.82, 2.24) is 10.3 Å². The van der Waals surface area contributed by atoms with Gasteiger partial charge in [-0.05, 0) is 29.8 Å². The molecule has 0 saturated heterocycles. The van der Waals surface area contributed by atoms with E-state index < -0.39 is 0 Å². The van der Waals surface area contributed by atoms with Gasteiger partial charge in [0.1, 0.15) is 5.69 Å². The molecule has 0 aliphatic carbocycles. The second-order valence-electron chi connectivity index (χ2n) is 4.41. The Kier molecular flexibility index (Phi) is 5.35. The van der Waals surface area contributed by atoms with Gasteiger partial charge in [-0.3, -0.25) is 4.79 Å². The molecule has 1 aromatic carbocycles. The van der Waals surface area contributed by atoms with E-state index in [4.69, 9.17) is 11.6 Å². The smallest absolute Gasteiger partial charge is 0.270 e. The van der Waals surface area contributed by atoms with Crippen molar-refractivity contribution < 1.29 is 4.79 Å². The van der Waals surface area contributed by atoms with E-state index in [0.717, 1.165) is 11.3 Å². The number of hydrogen-bond acceptors (Lipinski definition) is 3. The van der Waals surface area contributed by atoms with E-state index in [-0.39, 0.29) is 5.91 Å². The zero-order valence-electron chi connectivity index (χ0n) is 11.5. The monoisotopic (exact) mass is 301 g/mol. The molecule has 0 aliphatic heterocycles. The van der Waals surface area contributed by atoms with Crippen molar-refractivity contribution in [3.05, 3.63) is 71.5 Å². The van der Waals surface area contributed by atoms with E-state index in [9.17, 15) is 4.79 Å². The summed E-state index contributed by atoms with van der Waals surface area (Å²) in [5.41, 5.74) is 2.22. The minimum atomic E-state index is -0.208. The normalized spacial score (nSPS) is 9.95. The third kappa shape index (κ3) is 4.61. The fraction of sp³-hybridized carbons (Fsp3) is 0.125. The average Bonchev–Trinajstić information content (AvgIpc) is 2.52. The Morgan fingerprint density at radius 2 is 2.00 bits per heavy atom. The van der Waals surface area contributed by atoms with Crippen LogP contribution in [0.15, 0.2) is 55.3 Å². The Morgan fingerprint density at radius 1 is 1.24 bits per heavy atom. The molecular weight excluding hydrogens is 286 g/mol. The van der Waals surface area contributed by atoms with E-state index in [2.05, 4.69) is 22.2 Å². The standard InChI is InChI=1S/C16H16ClN3O/c1-2-9-18-14-7-8-15(19-11-14)16(21)20-10-12-3-5-13(17)6-4-12/h2-8,11,18H,1,9-10H2,(H,20,21). The Morgan fingerprint density at radius 3 is 2.62 bits per heavy atom. The molecule has 4 nitrogen and oxygen atoms in total. The van der Waals surface area contributed by atoms with Crippen LogP contribution >= 0.6 is 11.6 Å². The fourth-order valence-corrected chi connectivity index (χ4v) is 1.82. The van der Waals surface area contributed by atoms with Crippen molar-refractivity contribution in [3.63, 3.8) is 0 Å². The lowest BCUT2D eigenvalue weighted by Crippen LogP contribution is -2.23. The summed E-state index contributed by atoms with van der Waals surface area (Å²) in [6.07, 6.45) is 3.38. The summed E-state index contributed by atoms with van der Waals surface area (Å²) in [7, 11) is 0. The molecule has 0 saturated carbocycles. The Labute approximate surface area is 128 Å². The predicted octanol–water partition coefficient (Wildman–Crippen LogP) is 3.26. The summed E-state index contributed by atoms with van der Waals surface area (Å²) >= 11 is 5.81. The zero-order valence-corrected chi connectivity index (χ0v) is 12.2. The van der Waals surface area contributed by atoms with Crippen LogP contribution < -0.4 is 10.6 Å². The summed E-state index contributed by atoms with van der Waals surface area (Å²) in [5.74, 6) is -0.208. The molecule has 1 amide bonds. The maximum atomic E-state index is 12.0. The van der Waals surface area contributed by atoms with Gasteiger partial charge in [0.2, 0.25) is 0 Å². The van der Waals surface area contributed by atoms with Crippen molar-refractivity contribution in [2.24, 2.45) is 0 Å². The summed E-state index contributed by atoms with van der Waals surface area (Å²) in [5, 5.41) is 6.59.